The fourth-order valence-corrected chi connectivity index (χ4v) is 1.27. The van der Waals surface area contributed by atoms with Crippen LogP contribution in [0.4, 0.5) is 0 Å². The van der Waals surface area contributed by atoms with Crippen molar-refractivity contribution in [1.82, 2.24) is 4.98 Å². The molecular formula is C12H17NO3. The maximum Gasteiger partial charge on any atom is 0.340 e. The zero-order valence-corrected chi connectivity index (χ0v) is 9.80. The highest BCUT2D eigenvalue weighted by molar-refractivity contribution is 5.78. The van der Waals surface area contributed by atoms with Gasteiger partial charge in [0.25, 0.3) is 0 Å². The highest BCUT2D eigenvalue weighted by Gasteiger charge is 2.36. The average Bonchev–Trinajstić information content (AvgIpc) is 2.26. The minimum absolute atomic E-state index is 0.292. The van der Waals surface area contributed by atoms with E-state index in [1.54, 1.807) is 31.5 Å². The third-order valence-corrected chi connectivity index (χ3v) is 2.34. The molecule has 1 atom stereocenters. The lowest BCUT2D eigenvalue weighted by Crippen LogP contribution is -2.36. The van der Waals surface area contributed by atoms with E-state index in [1.165, 1.54) is 0 Å². The Balaban J connectivity index is 2.93. The molecule has 16 heavy (non-hydrogen) atoms. The Morgan fingerprint density at radius 1 is 1.50 bits per heavy atom. The Morgan fingerprint density at radius 3 is 2.50 bits per heavy atom. The summed E-state index contributed by atoms with van der Waals surface area (Å²) in [6, 6.07) is 3.32. The largest absolute Gasteiger partial charge is 0.479 e. The van der Waals surface area contributed by atoms with Crippen LogP contribution in [0.25, 0.3) is 0 Å². The van der Waals surface area contributed by atoms with E-state index in [0.717, 1.165) is 0 Å². The molecule has 0 fully saturated rings. The normalized spacial score (nSPS) is 14.8. The van der Waals surface area contributed by atoms with Crippen LogP contribution in [0.2, 0.25) is 0 Å². The summed E-state index contributed by atoms with van der Waals surface area (Å²) in [5.41, 5.74) is -0.691. The maximum absolute atomic E-state index is 11.3. The Kier molecular flexibility index (Phi) is 4.01. The topological polar surface area (TPSA) is 59.4 Å². The second kappa shape index (κ2) is 5.07. The summed E-state index contributed by atoms with van der Waals surface area (Å²) in [6.45, 7) is 5.93. The van der Waals surface area contributed by atoms with Crippen molar-refractivity contribution in [2.75, 3.05) is 6.61 Å². The molecule has 0 aliphatic heterocycles. The van der Waals surface area contributed by atoms with Gasteiger partial charge in [-0.3, -0.25) is 4.98 Å². The number of pyridine rings is 1. The van der Waals surface area contributed by atoms with E-state index in [0.29, 0.717) is 18.1 Å². The van der Waals surface area contributed by atoms with E-state index >= 15 is 0 Å². The summed E-state index contributed by atoms with van der Waals surface area (Å²) in [5.74, 6) is -0.695. The number of hydrogen-bond acceptors (Lipinski definition) is 3. The Bertz CT molecular complexity index is 351. The van der Waals surface area contributed by atoms with E-state index in [9.17, 15) is 9.90 Å². The van der Waals surface area contributed by atoms with Gasteiger partial charge in [-0.2, -0.15) is 0 Å². The van der Waals surface area contributed by atoms with Crippen LogP contribution in [0, 0.1) is 5.92 Å². The quantitative estimate of drug-likeness (QED) is 0.830. The van der Waals surface area contributed by atoms with Crippen LogP contribution in [0.3, 0.4) is 0 Å². The molecule has 4 nitrogen and oxygen atoms in total. The molecule has 0 radical (unpaired) electrons. The number of carboxylic acids is 1. The number of carboxylic acid groups (broad SMARTS) is 1. The van der Waals surface area contributed by atoms with Crippen molar-refractivity contribution >= 4 is 5.97 Å². The van der Waals surface area contributed by atoms with Gasteiger partial charge in [0.1, 0.15) is 0 Å². The van der Waals surface area contributed by atoms with Crippen LogP contribution in [0.1, 0.15) is 26.3 Å². The summed E-state index contributed by atoms with van der Waals surface area (Å²) in [4.78, 5) is 15.2. The second-order valence-corrected chi connectivity index (χ2v) is 4.28. The van der Waals surface area contributed by atoms with E-state index in [-0.39, 0.29) is 0 Å². The third kappa shape index (κ3) is 2.79. The number of aromatic nitrogens is 1. The molecule has 4 heteroatoms. The first-order chi connectivity index (χ1) is 7.47. The van der Waals surface area contributed by atoms with Gasteiger partial charge < -0.3 is 9.84 Å². The highest BCUT2D eigenvalue weighted by atomic mass is 16.5. The van der Waals surface area contributed by atoms with Gasteiger partial charge in [0.05, 0.1) is 6.61 Å². The van der Waals surface area contributed by atoms with Gasteiger partial charge in [0.2, 0.25) is 0 Å². The summed E-state index contributed by atoms with van der Waals surface area (Å²) in [7, 11) is 0. The first-order valence-corrected chi connectivity index (χ1v) is 5.24. The SMILES string of the molecule is CC(C)COC(C)(C(=O)O)c1ccncc1. The van der Waals surface area contributed by atoms with Crippen LogP contribution in [-0.4, -0.2) is 22.7 Å². The lowest BCUT2D eigenvalue weighted by molar-refractivity contribution is -0.166. The Morgan fingerprint density at radius 2 is 2.06 bits per heavy atom. The zero-order valence-electron chi connectivity index (χ0n) is 9.80. The minimum Gasteiger partial charge on any atom is -0.479 e. The molecule has 1 aromatic rings. The van der Waals surface area contributed by atoms with Gasteiger partial charge in [-0.1, -0.05) is 13.8 Å². The van der Waals surface area contributed by atoms with Crippen LogP contribution >= 0.6 is 0 Å². The van der Waals surface area contributed by atoms with Crippen LogP contribution in [0.15, 0.2) is 24.5 Å². The van der Waals surface area contributed by atoms with E-state index in [1.807, 2.05) is 13.8 Å². The van der Waals surface area contributed by atoms with Gasteiger partial charge in [-0.15, -0.1) is 0 Å². The summed E-state index contributed by atoms with van der Waals surface area (Å²) in [5, 5.41) is 9.25. The van der Waals surface area contributed by atoms with Gasteiger partial charge >= 0.3 is 5.97 Å². The summed E-state index contributed by atoms with van der Waals surface area (Å²) in [6.07, 6.45) is 3.13. The van der Waals surface area contributed by atoms with Gasteiger partial charge in [0.15, 0.2) is 5.60 Å². The Labute approximate surface area is 95.3 Å². The van der Waals surface area contributed by atoms with Gasteiger partial charge in [0, 0.05) is 12.4 Å². The molecule has 1 aromatic heterocycles. The lowest BCUT2D eigenvalue weighted by Gasteiger charge is -2.26. The molecule has 0 saturated carbocycles. The molecular weight excluding hydrogens is 206 g/mol. The third-order valence-electron chi connectivity index (χ3n) is 2.34. The molecule has 0 aromatic carbocycles. The van der Waals surface area contributed by atoms with Crippen molar-refractivity contribution in [3.8, 4) is 0 Å². The number of rotatable bonds is 5. The molecule has 0 bridgehead atoms. The first kappa shape index (κ1) is 12.6. The molecule has 0 aliphatic rings. The predicted octanol–water partition coefficient (Wildman–Crippen LogP) is 2.05. The van der Waals surface area contributed by atoms with E-state index in [4.69, 9.17) is 4.74 Å². The fourth-order valence-electron chi connectivity index (χ4n) is 1.27. The number of hydrogen-bond donors (Lipinski definition) is 1. The minimum atomic E-state index is -1.30. The number of aliphatic carboxylic acids is 1. The van der Waals surface area contributed by atoms with Crippen molar-refractivity contribution in [3.63, 3.8) is 0 Å². The molecule has 1 heterocycles. The van der Waals surface area contributed by atoms with Crippen LogP contribution < -0.4 is 0 Å². The molecule has 1 rings (SSSR count). The van der Waals surface area contributed by atoms with Crippen molar-refractivity contribution in [3.05, 3.63) is 30.1 Å². The molecule has 0 aliphatic carbocycles. The smallest absolute Gasteiger partial charge is 0.340 e. The van der Waals surface area contributed by atoms with Crippen molar-refractivity contribution < 1.29 is 14.6 Å². The zero-order chi connectivity index (χ0) is 12.2. The van der Waals surface area contributed by atoms with Crippen molar-refractivity contribution in [1.29, 1.82) is 0 Å². The van der Waals surface area contributed by atoms with Crippen molar-refractivity contribution in [2.45, 2.75) is 26.4 Å². The average molecular weight is 223 g/mol. The molecule has 88 valence electrons. The molecule has 1 unspecified atom stereocenters. The summed E-state index contributed by atoms with van der Waals surface area (Å²) < 4.78 is 5.51. The monoisotopic (exact) mass is 223 g/mol. The van der Waals surface area contributed by atoms with Crippen molar-refractivity contribution in [2.24, 2.45) is 5.92 Å². The molecule has 1 N–H and O–H groups in total. The summed E-state index contributed by atoms with van der Waals surface area (Å²) >= 11 is 0. The number of nitrogens with zero attached hydrogens (tertiary/aromatic N) is 1. The Hall–Kier alpha value is -1.42. The standard InChI is InChI=1S/C12H17NO3/c1-9(2)8-16-12(3,11(14)15)10-4-6-13-7-5-10/h4-7,9H,8H2,1-3H3,(H,14,15). The van der Waals surface area contributed by atoms with Gasteiger partial charge in [-0.05, 0) is 30.5 Å². The fraction of sp³-hybridized carbons (Fsp3) is 0.500. The lowest BCUT2D eigenvalue weighted by atomic mass is 9.97. The van der Waals surface area contributed by atoms with E-state index in [2.05, 4.69) is 4.98 Å². The van der Waals surface area contributed by atoms with Crippen LogP contribution in [0.5, 0.6) is 0 Å². The second-order valence-electron chi connectivity index (χ2n) is 4.28. The first-order valence-electron chi connectivity index (χ1n) is 5.24. The van der Waals surface area contributed by atoms with Crippen LogP contribution in [-0.2, 0) is 15.1 Å². The number of ether oxygens (including phenoxy) is 1. The predicted molar refractivity (Wildman–Crippen MR) is 60.0 cm³/mol. The highest BCUT2D eigenvalue weighted by Crippen LogP contribution is 2.25. The molecule has 0 spiro atoms. The maximum atomic E-state index is 11.3. The molecule has 0 saturated heterocycles. The van der Waals surface area contributed by atoms with Gasteiger partial charge in [-0.25, -0.2) is 4.79 Å². The van der Waals surface area contributed by atoms with E-state index < -0.39 is 11.6 Å². The molecule has 0 amide bonds. The number of carbonyl (C=O) groups is 1.